The third-order valence-electron chi connectivity index (χ3n) is 5.61. The van der Waals surface area contributed by atoms with Crippen LogP contribution in [0.2, 0.25) is 5.02 Å². The number of benzene rings is 1. The molecule has 1 aliphatic heterocycles. The molecule has 0 radical (unpaired) electrons. The molecule has 1 aromatic carbocycles. The van der Waals surface area contributed by atoms with Crippen LogP contribution in [0.1, 0.15) is 32.3 Å². The lowest BCUT2D eigenvalue weighted by Gasteiger charge is -2.27. The first-order valence-corrected chi connectivity index (χ1v) is 8.89. The quantitative estimate of drug-likeness (QED) is 0.877. The predicted molar refractivity (Wildman–Crippen MR) is 92.6 cm³/mol. The van der Waals surface area contributed by atoms with Crippen LogP contribution >= 0.6 is 11.6 Å². The average Bonchev–Trinajstić information content (AvgIpc) is 3.18. The number of aromatic nitrogens is 2. The minimum Gasteiger partial charge on any atom is -0.385 e. The van der Waals surface area contributed by atoms with E-state index in [0.717, 1.165) is 29.6 Å². The zero-order valence-corrected chi connectivity index (χ0v) is 14.7. The van der Waals surface area contributed by atoms with Gasteiger partial charge < -0.3 is 10.0 Å². The number of carbonyl (C=O) groups excluding carboxylic acids is 1. The first kappa shape index (κ1) is 15.9. The number of amides is 1. The molecule has 6 heteroatoms. The number of carbonyl (C=O) groups is 1. The summed E-state index contributed by atoms with van der Waals surface area (Å²) in [7, 11) is 0. The summed E-state index contributed by atoms with van der Waals surface area (Å²) >= 11 is 6.23. The first-order chi connectivity index (χ1) is 11.4. The number of nitrogens with zero attached hydrogens (tertiary/aromatic N) is 2. The van der Waals surface area contributed by atoms with E-state index < -0.39 is 5.60 Å². The van der Waals surface area contributed by atoms with Gasteiger partial charge in [-0.05, 0) is 42.4 Å². The van der Waals surface area contributed by atoms with Crippen molar-refractivity contribution < 1.29 is 9.90 Å². The number of aliphatic hydroxyl groups is 1. The van der Waals surface area contributed by atoms with Gasteiger partial charge in [-0.25, -0.2) is 0 Å². The number of nitrogens with one attached hydrogen (secondary N) is 1. The fraction of sp³-hybridized carbons (Fsp3) is 0.556. The molecule has 2 aromatic rings. The Morgan fingerprint density at radius 3 is 2.67 bits per heavy atom. The summed E-state index contributed by atoms with van der Waals surface area (Å²) in [6, 6.07) is 3.69. The smallest absolute Gasteiger partial charge is 0.225 e. The highest BCUT2D eigenvalue weighted by atomic mass is 35.5. The molecule has 1 unspecified atom stereocenters. The van der Waals surface area contributed by atoms with Crippen molar-refractivity contribution in [3.63, 3.8) is 0 Å². The van der Waals surface area contributed by atoms with Crippen molar-refractivity contribution in [2.75, 3.05) is 13.1 Å². The maximum absolute atomic E-state index is 12.2. The summed E-state index contributed by atoms with van der Waals surface area (Å²) in [6.07, 6.45) is 3.09. The molecule has 0 spiro atoms. The number of hydrogen-bond donors (Lipinski definition) is 2. The van der Waals surface area contributed by atoms with E-state index in [1.54, 1.807) is 6.20 Å². The number of halogens is 1. The van der Waals surface area contributed by atoms with Crippen LogP contribution in [-0.2, 0) is 10.4 Å². The molecule has 2 N–H and O–H groups in total. The molecule has 2 fully saturated rings. The molecule has 1 saturated heterocycles. The SMILES string of the molecule is CC(C)C(=O)N1C[C@@H]2CC(O)(c3cc(Cl)cc4[nH]ncc34)C[C@@H]2C1. The Morgan fingerprint density at radius 1 is 1.38 bits per heavy atom. The van der Waals surface area contributed by atoms with Gasteiger partial charge in [-0.1, -0.05) is 25.4 Å². The van der Waals surface area contributed by atoms with Gasteiger partial charge in [0, 0.05) is 29.4 Å². The van der Waals surface area contributed by atoms with Crippen LogP contribution in [0.3, 0.4) is 0 Å². The van der Waals surface area contributed by atoms with Crippen molar-refractivity contribution in [1.29, 1.82) is 0 Å². The second-order valence-corrected chi connectivity index (χ2v) is 8.08. The van der Waals surface area contributed by atoms with Gasteiger partial charge in [0.05, 0.1) is 17.3 Å². The molecule has 5 nitrogen and oxygen atoms in total. The number of H-pyrrole nitrogens is 1. The molecule has 1 saturated carbocycles. The van der Waals surface area contributed by atoms with E-state index >= 15 is 0 Å². The highest BCUT2D eigenvalue weighted by Gasteiger charge is 2.50. The Bertz CT molecular complexity index is 787. The average molecular weight is 348 g/mol. The largest absolute Gasteiger partial charge is 0.385 e. The normalized spacial score (nSPS) is 29.6. The zero-order chi connectivity index (χ0) is 17.1. The van der Waals surface area contributed by atoms with Crippen LogP contribution < -0.4 is 0 Å². The van der Waals surface area contributed by atoms with Gasteiger partial charge in [0.1, 0.15) is 0 Å². The van der Waals surface area contributed by atoms with Crippen molar-refractivity contribution in [3.8, 4) is 0 Å². The van der Waals surface area contributed by atoms with Crippen molar-refractivity contribution in [1.82, 2.24) is 15.1 Å². The molecule has 3 atom stereocenters. The van der Waals surface area contributed by atoms with Crippen molar-refractivity contribution in [2.45, 2.75) is 32.3 Å². The lowest BCUT2D eigenvalue weighted by atomic mass is 9.88. The van der Waals surface area contributed by atoms with Crippen molar-refractivity contribution in [3.05, 3.63) is 28.9 Å². The number of aromatic amines is 1. The van der Waals surface area contributed by atoms with E-state index in [9.17, 15) is 9.90 Å². The standard InChI is InChI=1S/C18H22ClN3O2/c1-10(2)17(23)22-8-11-5-18(24,6-12(11)9-22)15-3-13(19)4-16-14(15)7-20-21-16/h3-4,7,10-12,24H,5-6,8-9H2,1-2H3,(H,20,21)/t11-,12+,18?. The van der Waals surface area contributed by atoms with Gasteiger partial charge in [-0.15, -0.1) is 0 Å². The highest BCUT2D eigenvalue weighted by Crippen LogP contribution is 2.50. The zero-order valence-electron chi connectivity index (χ0n) is 13.9. The maximum atomic E-state index is 12.2. The molecule has 1 aromatic heterocycles. The minimum atomic E-state index is -0.894. The molecule has 0 bridgehead atoms. The van der Waals surface area contributed by atoms with E-state index in [2.05, 4.69) is 10.2 Å². The van der Waals surface area contributed by atoms with Crippen molar-refractivity contribution >= 4 is 28.4 Å². The topological polar surface area (TPSA) is 69.2 Å². The van der Waals surface area contributed by atoms with Crippen LogP contribution in [0.5, 0.6) is 0 Å². The monoisotopic (exact) mass is 347 g/mol. The fourth-order valence-corrected chi connectivity index (χ4v) is 4.74. The molecular formula is C18H22ClN3O2. The fourth-order valence-electron chi connectivity index (χ4n) is 4.52. The predicted octanol–water partition coefficient (Wildman–Crippen LogP) is 2.93. The Morgan fingerprint density at radius 2 is 2.04 bits per heavy atom. The molecule has 2 heterocycles. The Labute approximate surface area is 146 Å². The van der Waals surface area contributed by atoms with Gasteiger partial charge in [0.15, 0.2) is 0 Å². The van der Waals surface area contributed by atoms with E-state index in [1.807, 2.05) is 30.9 Å². The number of rotatable bonds is 2. The molecule has 2 aliphatic rings. The van der Waals surface area contributed by atoms with Crippen LogP contribution in [0.15, 0.2) is 18.3 Å². The highest BCUT2D eigenvalue weighted by molar-refractivity contribution is 6.31. The van der Waals surface area contributed by atoms with Gasteiger partial charge in [-0.2, -0.15) is 5.10 Å². The van der Waals surface area contributed by atoms with Gasteiger partial charge in [-0.3, -0.25) is 9.89 Å². The first-order valence-electron chi connectivity index (χ1n) is 8.51. The molecule has 1 aliphatic carbocycles. The van der Waals surface area contributed by atoms with Gasteiger partial charge >= 0.3 is 0 Å². The summed E-state index contributed by atoms with van der Waals surface area (Å²) < 4.78 is 0. The number of hydrogen-bond acceptors (Lipinski definition) is 3. The van der Waals surface area contributed by atoms with Crippen LogP contribution in [0.25, 0.3) is 10.9 Å². The summed E-state index contributed by atoms with van der Waals surface area (Å²) in [5.41, 5.74) is 0.810. The van der Waals surface area contributed by atoms with Crippen LogP contribution in [0.4, 0.5) is 0 Å². The molecular weight excluding hydrogens is 326 g/mol. The lowest BCUT2D eigenvalue weighted by molar-refractivity contribution is -0.134. The number of likely N-dealkylation sites (tertiary alicyclic amines) is 1. The van der Waals surface area contributed by atoms with Crippen LogP contribution in [0, 0.1) is 17.8 Å². The third-order valence-corrected chi connectivity index (χ3v) is 5.82. The Kier molecular flexibility index (Phi) is 3.62. The lowest BCUT2D eigenvalue weighted by Crippen LogP contribution is -2.35. The minimum absolute atomic E-state index is 0.0289. The third kappa shape index (κ3) is 2.42. The van der Waals surface area contributed by atoms with E-state index in [0.29, 0.717) is 29.7 Å². The van der Waals surface area contributed by atoms with Gasteiger partial charge in [0.25, 0.3) is 0 Å². The summed E-state index contributed by atoms with van der Waals surface area (Å²) in [5.74, 6) is 0.936. The van der Waals surface area contributed by atoms with Gasteiger partial charge in [0.2, 0.25) is 5.91 Å². The maximum Gasteiger partial charge on any atom is 0.225 e. The Balaban J connectivity index is 1.61. The molecule has 1 amide bonds. The second kappa shape index (κ2) is 5.46. The van der Waals surface area contributed by atoms with Crippen LogP contribution in [-0.4, -0.2) is 39.2 Å². The summed E-state index contributed by atoms with van der Waals surface area (Å²) in [5, 5.41) is 19.9. The molecule has 4 rings (SSSR count). The van der Waals surface area contributed by atoms with E-state index in [4.69, 9.17) is 11.6 Å². The second-order valence-electron chi connectivity index (χ2n) is 7.64. The van der Waals surface area contributed by atoms with E-state index in [-0.39, 0.29) is 11.8 Å². The summed E-state index contributed by atoms with van der Waals surface area (Å²) in [4.78, 5) is 14.2. The summed E-state index contributed by atoms with van der Waals surface area (Å²) in [6.45, 7) is 5.38. The molecule has 128 valence electrons. The molecule has 24 heavy (non-hydrogen) atoms. The van der Waals surface area contributed by atoms with Crippen molar-refractivity contribution in [2.24, 2.45) is 17.8 Å². The number of fused-ring (bicyclic) bond motifs is 2. The van der Waals surface area contributed by atoms with E-state index in [1.165, 1.54) is 0 Å². The Hall–Kier alpha value is -1.59.